The maximum Gasteiger partial charge on any atom is 0.417 e. The molecule has 0 aliphatic heterocycles. The molecule has 0 atom stereocenters. The lowest BCUT2D eigenvalue weighted by Crippen LogP contribution is -2.16. The second-order valence-electron chi connectivity index (χ2n) is 3.12. The Morgan fingerprint density at radius 2 is 2.00 bits per heavy atom. The Bertz CT molecular complexity index is 404. The predicted molar refractivity (Wildman–Crippen MR) is 54.5 cm³/mol. The van der Waals surface area contributed by atoms with Crippen molar-refractivity contribution in [2.24, 2.45) is 5.73 Å². The topological polar surface area (TPSA) is 43.1 Å². The van der Waals surface area contributed by atoms with E-state index in [1.54, 1.807) is 0 Å². The molecule has 0 saturated heterocycles. The van der Waals surface area contributed by atoms with Gasteiger partial charge in [0.1, 0.15) is 0 Å². The largest absolute Gasteiger partial charge is 0.417 e. The number of hydrogen-bond acceptors (Lipinski definition) is 2. The van der Waals surface area contributed by atoms with E-state index in [2.05, 4.69) is 0 Å². The minimum absolute atomic E-state index is 0.0125. The summed E-state index contributed by atoms with van der Waals surface area (Å²) in [6, 6.07) is 3.24. The third kappa shape index (κ3) is 2.74. The van der Waals surface area contributed by atoms with Gasteiger partial charge in [0.2, 0.25) is 0 Å². The number of nitrogens with two attached hydrogens (primary N) is 1. The summed E-state index contributed by atoms with van der Waals surface area (Å²) in [6.07, 6.45) is -4.75. The van der Waals surface area contributed by atoms with E-state index in [1.807, 2.05) is 0 Å². The number of carbonyl (C=O) groups excluding carboxylic acids is 1. The van der Waals surface area contributed by atoms with E-state index < -0.39 is 23.1 Å². The number of halogens is 4. The summed E-state index contributed by atoms with van der Waals surface area (Å²) < 4.78 is 37.8. The van der Waals surface area contributed by atoms with Crippen LogP contribution in [0, 0.1) is 0 Å². The summed E-state index contributed by atoms with van der Waals surface area (Å²) in [5.74, 6) is -0.694. The molecule has 1 aromatic carbocycles. The molecule has 0 heterocycles. The van der Waals surface area contributed by atoms with Gasteiger partial charge in [0.15, 0.2) is 5.78 Å². The highest BCUT2D eigenvalue weighted by atomic mass is 35.5. The fourth-order valence-corrected chi connectivity index (χ4v) is 1.58. The van der Waals surface area contributed by atoms with E-state index in [0.717, 1.165) is 12.1 Å². The number of rotatable bonds is 3. The molecule has 1 aromatic rings. The molecule has 0 aliphatic rings. The molecule has 2 N–H and O–H groups in total. The van der Waals surface area contributed by atoms with Crippen LogP contribution in [0.1, 0.15) is 22.3 Å². The predicted octanol–water partition coefficient (Wildman–Crippen LogP) is 2.89. The van der Waals surface area contributed by atoms with Crippen molar-refractivity contribution in [3.63, 3.8) is 0 Å². The van der Waals surface area contributed by atoms with Gasteiger partial charge in [-0.25, -0.2) is 0 Å². The Hall–Kier alpha value is -1.07. The monoisotopic (exact) mass is 251 g/mol. The van der Waals surface area contributed by atoms with Crippen LogP contribution in [-0.4, -0.2) is 12.3 Å². The van der Waals surface area contributed by atoms with Gasteiger partial charge in [-0.3, -0.25) is 4.79 Å². The number of ketones is 1. The van der Waals surface area contributed by atoms with Crippen molar-refractivity contribution in [3.8, 4) is 0 Å². The summed E-state index contributed by atoms with van der Waals surface area (Å²) in [5, 5.41) is -0.201. The first kappa shape index (κ1) is 13.0. The minimum Gasteiger partial charge on any atom is -0.330 e. The molecule has 0 unspecified atom stereocenters. The van der Waals surface area contributed by atoms with Crippen LogP contribution in [0.15, 0.2) is 18.2 Å². The van der Waals surface area contributed by atoms with E-state index in [1.165, 1.54) is 6.07 Å². The fraction of sp³-hybridized carbons (Fsp3) is 0.300. The lowest BCUT2D eigenvalue weighted by atomic mass is 10.0. The van der Waals surface area contributed by atoms with Crippen LogP contribution in [0.3, 0.4) is 0 Å². The third-order valence-corrected chi connectivity index (χ3v) is 2.28. The van der Waals surface area contributed by atoms with E-state index in [9.17, 15) is 18.0 Å². The van der Waals surface area contributed by atoms with Gasteiger partial charge >= 0.3 is 6.18 Å². The molecule has 88 valence electrons. The number of hydrogen-bond donors (Lipinski definition) is 1. The average Bonchev–Trinajstić information content (AvgIpc) is 2.16. The molecule has 0 aliphatic carbocycles. The zero-order valence-corrected chi connectivity index (χ0v) is 8.90. The highest BCUT2D eigenvalue weighted by Gasteiger charge is 2.35. The second-order valence-corrected chi connectivity index (χ2v) is 3.53. The first-order valence-corrected chi connectivity index (χ1v) is 4.84. The van der Waals surface area contributed by atoms with E-state index in [-0.39, 0.29) is 18.0 Å². The van der Waals surface area contributed by atoms with E-state index in [0.29, 0.717) is 0 Å². The van der Waals surface area contributed by atoms with Gasteiger partial charge in [-0.05, 0) is 18.7 Å². The van der Waals surface area contributed by atoms with Crippen molar-refractivity contribution in [3.05, 3.63) is 34.3 Å². The Morgan fingerprint density at radius 1 is 1.38 bits per heavy atom. The molecule has 0 spiro atoms. The summed E-state index contributed by atoms with van der Waals surface area (Å²) >= 11 is 5.60. The van der Waals surface area contributed by atoms with Gasteiger partial charge in [-0.2, -0.15) is 13.2 Å². The number of alkyl halides is 3. The standard InChI is InChI=1S/C10H9ClF3NO/c11-7-3-1-2-6(10(12,13)14)9(7)8(16)4-5-15/h1-3H,4-5,15H2. The highest BCUT2D eigenvalue weighted by Crippen LogP contribution is 2.35. The van der Waals surface area contributed by atoms with Crippen LogP contribution in [-0.2, 0) is 6.18 Å². The van der Waals surface area contributed by atoms with Gasteiger partial charge < -0.3 is 5.73 Å². The minimum atomic E-state index is -4.59. The summed E-state index contributed by atoms with van der Waals surface area (Å²) in [6.45, 7) is -0.0125. The maximum absolute atomic E-state index is 12.6. The highest BCUT2D eigenvalue weighted by molar-refractivity contribution is 6.34. The average molecular weight is 252 g/mol. The molecular weight excluding hydrogens is 243 g/mol. The quantitative estimate of drug-likeness (QED) is 0.840. The Kier molecular flexibility index (Phi) is 3.93. The molecule has 16 heavy (non-hydrogen) atoms. The zero-order valence-electron chi connectivity index (χ0n) is 8.14. The number of Topliss-reactive ketones (excluding diaryl/α,β-unsaturated/α-hetero) is 1. The van der Waals surface area contributed by atoms with Crippen molar-refractivity contribution in [2.75, 3.05) is 6.54 Å². The van der Waals surface area contributed by atoms with Gasteiger partial charge in [0.05, 0.1) is 10.6 Å². The molecule has 0 aromatic heterocycles. The van der Waals surface area contributed by atoms with Gasteiger partial charge in [0.25, 0.3) is 0 Å². The lowest BCUT2D eigenvalue weighted by molar-refractivity contribution is -0.137. The number of carbonyl (C=O) groups is 1. The van der Waals surface area contributed by atoms with Crippen molar-refractivity contribution in [1.29, 1.82) is 0 Å². The van der Waals surface area contributed by atoms with Gasteiger partial charge in [0, 0.05) is 12.0 Å². The van der Waals surface area contributed by atoms with Crippen molar-refractivity contribution >= 4 is 17.4 Å². The van der Waals surface area contributed by atoms with Crippen LogP contribution < -0.4 is 5.73 Å². The molecule has 2 nitrogen and oxygen atoms in total. The molecular formula is C10H9ClF3NO. The molecule has 1 rings (SSSR count). The third-order valence-electron chi connectivity index (χ3n) is 1.97. The molecule has 0 radical (unpaired) electrons. The first-order chi connectivity index (χ1) is 7.38. The maximum atomic E-state index is 12.6. The molecule has 0 fully saturated rings. The van der Waals surface area contributed by atoms with Crippen LogP contribution in [0.5, 0.6) is 0 Å². The van der Waals surface area contributed by atoms with Crippen LogP contribution >= 0.6 is 11.6 Å². The fourth-order valence-electron chi connectivity index (χ4n) is 1.30. The lowest BCUT2D eigenvalue weighted by Gasteiger charge is -2.12. The Labute approximate surface area is 95.2 Å². The van der Waals surface area contributed by atoms with E-state index in [4.69, 9.17) is 17.3 Å². The van der Waals surface area contributed by atoms with Gasteiger partial charge in [-0.15, -0.1) is 0 Å². The van der Waals surface area contributed by atoms with E-state index >= 15 is 0 Å². The molecule has 0 amide bonds. The normalized spacial score (nSPS) is 11.6. The van der Waals surface area contributed by atoms with Crippen LogP contribution in [0.4, 0.5) is 13.2 Å². The first-order valence-electron chi connectivity index (χ1n) is 4.47. The molecule has 6 heteroatoms. The smallest absolute Gasteiger partial charge is 0.330 e. The number of benzene rings is 1. The summed E-state index contributed by atoms with van der Waals surface area (Å²) in [4.78, 5) is 11.5. The summed E-state index contributed by atoms with van der Waals surface area (Å²) in [5.41, 5.74) is 3.62. The van der Waals surface area contributed by atoms with Crippen LogP contribution in [0.25, 0.3) is 0 Å². The van der Waals surface area contributed by atoms with Crippen molar-refractivity contribution in [2.45, 2.75) is 12.6 Å². The molecule has 0 bridgehead atoms. The second kappa shape index (κ2) is 4.84. The molecule has 0 saturated carbocycles. The van der Waals surface area contributed by atoms with Crippen molar-refractivity contribution < 1.29 is 18.0 Å². The zero-order chi connectivity index (χ0) is 12.3. The van der Waals surface area contributed by atoms with Gasteiger partial charge in [-0.1, -0.05) is 17.7 Å². The Balaban J connectivity index is 3.30. The SMILES string of the molecule is NCCC(=O)c1c(Cl)cccc1C(F)(F)F. The Morgan fingerprint density at radius 3 is 2.50 bits per heavy atom. The van der Waals surface area contributed by atoms with Crippen LogP contribution in [0.2, 0.25) is 5.02 Å². The van der Waals surface area contributed by atoms with Crippen molar-refractivity contribution in [1.82, 2.24) is 0 Å². The summed E-state index contributed by atoms with van der Waals surface area (Å²) in [7, 11) is 0.